The Hall–Kier alpha value is -2.63. The molecular weight excluding hydrogens is 306 g/mol. The number of nitrogens with zero attached hydrogens (tertiary/aromatic N) is 3. The van der Waals surface area contributed by atoms with Crippen LogP contribution in [0.2, 0.25) is 0 Å². The molecule has 1 atom stereocenters. The van der Waals surface area contributed by atoms with E-state index in [1.54, 1.807) is 6.20 Å². The van der Waals surface area contributed by atoms with Crippen molar-refractivity contribution in [2.75, 3.05) is 20.2 Å². The van der Waals surface area contributed by atoms with E-state index < -0.39 is 0 Å². The predicted octanol–water partition coefficient (Wildman–Crippen LogP) is 2.48. The van der Waals surface area contributed by atoms with Gasteiger partial charge in [-0.15, -0.1) is 0 Å². The van der Waals surface area contributed by atoms with Crippen LogP contribution in [0.5, 0.6) is 11.8 Å². The first-order valence-corrected chi connectivity index (χ1v) is 8.05. The Morgan fingerprint density at radius 3 is 2.83 bits per heavy atom. The first-order valence-electron chi connectivity index (χ1n) is 8.05. The lowest BCUT2D eigenvalue weighted by Gasteiger charge is -2.33. The first-order chi connectivity index (χ1) is 11.7. The number of aryl methyl sites for hydroxylation is 1. The molecule has 0 aliphatic carbocycles. The number of piperidine rings is 1. The van der Waals surface area contributed by atoms with Gasteiger partial charge in [0.1, 0.15) is 6.10 Å². The molecule has 0 radical (unpaired) electrons. The van der Waals surface area contributed by atoms with Crippen LogP contribution >= 0.6 is 0 Å². The van der Waals surface area contributed by atoms with Crippen molar-refractivity contribution in [3.8, 4) is 11.8 Å². The third-order valence-electron chi connectivity index (χ3n) is 4.13. The van der Waals surface area contributed by atoms with Crippen LogP contribution in [0.25, 0.3) is 0 Å². The van der Waals surface area contributed by atoms with E-state index >= 15 is 0 Å². The fourth-order valence-corrected chi connectivity index (χ4v) is 2.86. The van der Waals surface area contributed by atoms with Crippen molar-refractivity contribution in [3.05, 3.63) is 47.8 Å². The van der Waals surface area contributed by atoms with Gasteiger partial charge in [-0.3, -0.25) is 9.78 Å². The fraction of sp³-hybridized carbons (Fsp3) is 0.389. The first kappa shape index (κ1) is 16.2. The molecule has 1 aromatic carbocycles. The number of amides is 1. The summed E-state index contributed by atoms with van der Waals surface area (Å²) in [6, 6.07) is 7.66. The molecular formula is C18H21N3O3. The zero-order chi connectivity index (χ0) is 16.9. The van der Waals surface area contributed by atoms with Gasteiger partial charge in [-0.05, 0) is 31.4 Å². The third-order valence-corrected chi connectivity index (χ3v) is 4.13. The van der Waals surface area contributed by atoms with Gasteiger partial charge in [0.25, 0.3) is 5.91 Å². The number of rotatable bonds is 4. The lowest BCUT2D eigenvalue weighted by Crippen LogP contribution is -2.44. The van der Waals surface area contributed by atoms with E-state index in [0.717, 1.165) is 30.5 Å². The Bertz CT molecular complexity index is 720. The Balaban J connectivity index is 1.68. The minimum atomic E-state index is -0.0897. The highest BCUT2D eigenvalue weighted by Crippen LogP contribution is 2.20. The summed E-state index contributed by atoms with van der Waals surface area (Å²) in [5.74, 6) is 0.888. The molecule has 0 bridgehead atoms. The molecule has 126 valence electrons. The van der Waals surface area contributed by atoms with Crippen molar-refractivity contribution in [1.82, 2.24) is 14.9 Å². The van der Waals surface area contributed by atoms with Gasteiger partial charge < -0.3 is 14.4 Å². The Morgan fingerprint density at radius 2 is 2.04 bits per heavy atom. The Labute approximate surface area is 141 Å². The highest BCUT2D eigenvalue weighted by molar-refractivity contribution is 5.95. The molecule has 1 aliphatic heterocycles. The quantitative estimate of drug-likeness (QED) is 0.863. The lowest BCUT2D eigenvalue weighted by atomic mass is 10.0. The topological polar surface area (TPSA) is 64.6 Å². The SMILES string of the molecule is COc1cncc(OC2CCCN(C(=O)c3ccccc3C)C2)n1. The molecule has 1 aromatic heterocycles. The Kier molecular flexibility index (Phi) is 4.93. The molecule has 3 rings (SSSR count). The minimum Gasteiger partial charge on any atom is -0.480 e. The van der Waals surface area contributed by atoms with Crippen LogP contribution in [0.15, 0.2) is 36.7 Å². The van der Waals surface area contributed by atoms with E-state index in [4.69, 9.17) is 9.47 Å². The summed E-state index contributed by atoms with van der Waals surface area (Å²) in [6.45, 7) is 3.25. The van der Waals surface area contributed by atoms with Gasteiger partial charge in [-0.25, -0.2) is 0 Å². The van der Waals surface area contributed by atoms with Gasteiger partial charge in [0.2, 0.25) is 11.8 Å². The molecule has 0 saturated carbocycles. The summed E-state index contributed by atoms with van der Waals surface area (Å²) in [5, 5.41) is 0. The van der Waals surface area contributed by atoms with E-state index in [1.807, 2.05) is 36.1 Å². The van der Waals surface area contributed by atoms with E-state index in [0.29, 0.717) is 18.3 Å². The maximum Gasteiger partial charge on any atom is 0.254 e. The second kappa shape index (κ2) is 7.29. The number of hydrogen-bond acceptors (Lipinski definition) is 5. The average Bonchev–Trinajstić information content (AvgIpc) is 2.62. The molecule has 1 amide bonds. The molecule has 6 heteroatoms. The number of carbonyl (C=O) groups excluding carboxylic acids is 1. The van der Waals surface area contributed by atoms with Gasteiger partial charge in [0.15, 0.2) is 0 Å². The van der Waals surface area contributed by atoms with Gasteiger partial charge in [-0.1, -0.05) is 18.2 Å². The van der Waals surface area contributed by atoms with Crippen LogP contribution in [0.3, 0.4) is 0 Å². The summed E-state index contributed by atoms with van der Waals surface area (Å²) in [4.78, 5) is 22.9. The third kappa shape index (κ3) is 3.64. The number of methoxy groups -OCH3 is 1. The van der Waals surface area contributed by atoms with E-state index in [1.165, 1.54) is 13.3 Å². The van der Waals surface area contributed by atoms with Crippen LogP contribution in [0.4, 0.5) is 0 Å². The van der Waals surface area contributed by atoms with E-state index in [9.17, 15) is 4.79 Å². The number of hydrogen-bond donors (Lipinski definition) is 0. The number of likely N-dealkylation sites (tertiary alicyclic amines) is 1. The van der Waals surface area contributed by atoms with Crippen LogP contribution < -0.4 is 9.47 Å². The van der Waals surface area contributed by atoms with E-state index in [2.05, 4.69) is 9.97 Å². The van der Waals surface area contributed by atoms with Gasteiger partial charge in [0, 0.05) is 12.1 Å². The van der Waals surface area contributed by atoms with Crippen LogP contribution in [-0.4, -0.2) is 47.1 Å². The molecule has 0 N–H and O–H groups in total. The average molecular weight is 327 g/mol. The van der Waals surface area contributed by atoms with Crippen molar-refractivity contribution in [2.24, 2.45) is 0 Å². The number of carbonyl (C=O) groups is 1. The predicted molar refractivity (Wildman–Crippen MR) is 89.3 cm³/mol. The standard InChI is InChI=1S/C18H21N3O3/c1-13-6-3-4-8-15(13)18(22)21-9-5-7-14(12-21)24-17-11-19-10-16(20-17)23-2/h3-4,6,8,10-11,14H,5,7,9,12H2,1-2H3. The molecule has 1 unspecified atom stereocenters. The largest absolute Gasteiger partial charge is 0.480 e. The summed E-state index contributed by atoms with van der Waals surface area (Å²) in [6.07, 6.45) is 4.79. The number of aromatic nitrogens is 2. The zero-order valence-corrected chi connectivity index (χ0v) is 13.9. The molecule has 24 heavy (non-hydrogen) atoms. The second-order valence-electron chi connectivity index (χ2n) is 5.85. The smallest absolute Gasteiger partial charge is 0.254 e. The number of benzene rings is 1. The minimum absolute atomic E-state index is 0.0538. The summed E-state index contributed by atoms with van der Waals surface area (Å²) < 4.78 is 11.0. The molecule has 1 saturated heterocycles. The normalized spacial score (nSPS) is 17.4. The maximum absolute atomic E-state index is 12.7. The van der Waals surface area contributed by atoms with Crippen LogP contribution in [0.1, 0.15) is 28.8 Å². The molecule has 1 fully saturated rings. The zero-order valence-electron chi connectivity index (χ0n) is 13.9. The molecule has 1 aliphatic rings. The highest BCUT2D eigenvalue weighted by atomic mass is 16.5. The fourth-order valence-electron chi connectivity index (χ4n) is 2.86. The second-order valence-corrected chi connectivity index (χ2v) is 5.85. The molecule has 6 nitrogen and oxygen atoms in total. The molecule has 2 heterocycles. The van der Waals surface area contributed by atoms with Gasteiger partial charge in [0.05, 0.1) is 26.0 Å². The van der Waals surface area contributed by atoms with Gasteiger partial charge in [-0.2, -0.15) is 4.98 Å². The van der Waals surface area contributed by atoms with Crippen LogP contribution in [-0.2, 0) is 0 Å². The Morgan fingerprint density at radius 1 is 1.25 bits per heavy atom. The van der Waals surface area contributed by atoms with Gasteiger partial charge >= 0.3 is 0 Å². The molecule has 0 spiro atoms. The van der Waals surface area contributed by atoms with Crippen molar-refractivity contribution >= 4 is 5.91 Å². The van der Waals surface area contributed by atoms with Crippen molar-refractivity contribution < 1.29 is 14.3 Å². The van der Waals surface area contributed by atoms with Crippen molar-refractivity contribution in [1.29, 1.82) is 0 Å². The van der Waals surface area contributed by atoms with Crippen LogP contribution in [0, 0.1) is 6.92 Å². The van der Waals surface area contributed by atoms with E-state index in [-0.39, 0.29) is 12.0 Å². The summed E-state index contributed by atoms with van der Waals surface area (Å²) in [5.41, 5.74) is 1.74. The molecule has 2 aromatic rings. The van der Waals surface area contributed by atoms with Crippen molar-refractivity contribution in [3.63, 3.8) is 0 Å². The summed E-state index contributed by atoms with van der Waals surface area (Å²) in [7, 11) is 1.54. The monoisotopic (exact) mass is 327 g/mol. The highest BCUT2D eigenvalue weighted by Gasteiger charge is 2.26. The van der Waals surface area contributed by atoms with Crippen molar-refractivity contribution in [2.45, 2.75) is 25.9 Å². The summed E-state index contributed by atoms with van der Waals surface area (Å²) >= 11 is 0. The number of ether oxygens (including phenoxy) is 2. The maximum atomic E-state index is 12.7. The lowest BCUT2D eigenvalue weighted by molar-refractivity contribution is 0.0524.